The van der Waals surface area contributed by atoms with Gasteiger partial charge in [-0.15, -0.1) is 11.6 Å². The van der Waals surface area contributed by atoms with Crippen LogP contribution in [0.3, 0.4) is 0 Å². The van der Waals surface area contributed by atoms with E-state index in [1.807, 2.05) is 32.0 Å². The Morgan fingerprint density at radius 1 is 1.46 bits per heavy atom. The molecule has 1 atom stereocenters. The largest absolute Gasteiger partial charge is 0.489 e. The maximum atomic E-state index is 5.81. The van der Waals surface area contributed by atoms with E-state index in [9.17, 15) is 0 Å². The molecule has 0 aliphatic rings. The molecule has 0 spiro atoms. The van der Waals surface area contributed by atoms with Crippen molar-refractivity contribution < 1.29 is 4.74 Å². The lowest BCUT2D eigenvalue weighted by Crippen LogP contribution is -2.13. The Balaban J connectivity index is 2.77. The summed E-state index contributed by atoms with van der Waals surface area (Å²) in [5.74, 6) is 1.33. The van der Waals surface area contributed by atoms with Gasteiger partial charge in [-0.25, -0.2) is 0 Å². The maximum Gasteiger partial charge on any atom is 0.122 e. The molecule has 1 unspecified atom stereocenters. The van der Waals surface area contributed by atoms with E-state index in [1.165, 1.54) is 0 Å². The first-order valence-corrected chi connectivity index (χ1v) is 5.03. The Morgan fingerprint density at radius 3 is 2.69 bits per heavy atom. The molecule has 0 aliphatic heterocycles. The van der Waals surface area contributed by atoms with Crippen LogP contribution in [0.4, 0.5) is 0 Å². The van der Waals surface area contributed by atoms with E-state index in [0.717, 1.165) is 16.3 Å². The third kappa shape index (κ3) is 3.09. The van der Waals surface area contributed by atoms with Gasteiger partial charge in [0.25, 0.3) is 0 Å². The Kier molecular flexibility index (Phi) is 3.89. The summed E-state index contributed by atoms with van der Waals surface area (Å²) < 4.78 is 5.56. The molecule has 0 radical (unpaired) electrons. The van der Waals surface area contributed by atoms with Crippen LogP contribution in [-0.2, 0) is 0 Å². The highest BCUT2D eigenvalue weighted by Crippen LogP contribution is 2.22. The highest BCUT2D eigenvalue weighted by atomic mass is 35.5. The van der Waals surface area contributed by atoms with E-state index in [2.05, 4.69) is 0 Å². The number of hydrogen-bond donors (Lipinski definition) is 0. The summed E-state index contributed by atoms with van der Waals surface area (Å²) in [5, 5.41) is 0.725. The first-order valence-electron chi connectivity index (χ1n) is 4.12. The zero-order chi connectivity index (χ0) is 9.84. The summed E-state index contributed by atoms with van der Waals surface area (Å²) in [7, 11) is 0. The Labute approximate surface area is 88.6 Å². The topological polar surface area (TPSA) is 9.23 Å². The molecule has 0 aliphatic carbocycles. The summed E-state index contributed by atoms with van der Waals surface area (Å²) >= 11 is 11.4. The fraction of sp³-hybridized carbons (Fsp3) is 0.400. The van der Waals surface area contributed by atoms with Gasteiger partial charge >= 0.3 is 0 Å². The lowest BCUT2D eigenvalue weighted by molar-refractivity contribution is 0.244. The van der Waals surface area contributed by atoms with Crippen molar-refractivity contribution in [3.8, 4) is 5.75 Å². The van der Waals surface area contributed by atoms with Crippen molar-refractivity contribution in [2.75, 3.05) is 5.88 Å². The monoisotopic (exact) mass is 218 g/mol. The summed E-state index contributed by atoms with van der Waals surface area (Å²) in [6.07, 6.45) is 0.0292. The van der Waals surface area contributed by atoms with Gasteiger partial charge in [0.05, 0.1) is 5.88 Å². The molecule has 1 rings (SSSR count). The Morgan fingerprint density at radius 2 is 2.15 bits per heavy atom. The molecular formula is C10H12Cl2O. The van der Waals surface area contributed by atoms with Gasteiger partial charge < -0.3 is 4.74 Å². The molecule has 0 saturated heterocycles. The molecule has 0 bridgehead atoms. The number of halogens is 2. The highest BCUT2D eigenvalue weighted by molar-refractivity contribution is 6.30. The summed E-state index contributed by atoms with van der Waals surface area (Å²) in [6.45, 7) is 3.89. The van der Waals surface area contributed by atoms with Crippen LogP contribution < -0.4 is 4.74 Å². The average Bonchev–Trinajstić information content (AvgIpc) is 2.09. The number of alkyl halides is 1. The lowest BCUT2D eigenvalue weighted by Gasteiger charge is -2.13. The quantitative estimate of drug-likeness (QED) is 0.705. The minimum Gasteiger partial charge on any atom is -0.489 e. The summed E-state index contributed by atoms with van der Waals surface area (Å²) in [5.41, 5.74) is 1.03. The average molecular weight is 219 g/mol. The Hall–Kier alpha value is -0.400. The van der Waals surface area contributed by atoms with Crippen LogP contribution >= 0.6 is 23.2 Å². The molecule has 0 heterocycles. The predicted molar refractivity (Wildman–Crippen MR) is 57.0 cm³/mol. The van der Waals surface area contributed by atoms with Crippen molar-refractivity contribution in [1.82, 2.24) is 0 Å². The molecule has 0 fully saturated rings. The van der Waals surface area contributed by atoms with Crippen LogP contribution in [0.15, 0.2) is 18.2 Å². The first kappa shape index (κ1) is 10.7. The number of ether oxygens (including phenoxy) is 1. The molecular weight excluding hydrogens is 207 g/mol. The van der Waals surface area contributed by atoms with E-state index in [0.29, 0.717) is 5.88 Å². The molecule has 1 aromatic carbocycles. The van der Waals surface area contributed by atoms with Gasteiger partial charge in [0.15, 0.2) is 0 Å². The summed E-state index contributed by atoms with van der Waals surface area (Å²) in [6, 6.07) is 5.55. The lowest BCUT2D eigenvalue weighted by atomic mass is 10.2. The Bertz CT molecular complexity index is 286. The van der Waals surface area contributed by atoms with Crippen LogP contribution in [0, 0.1) is 6.92 Å². The minimum atomic E-state index is 0.0292. The number of rotatable bonds is 3. The van der Waals surface area contributed by atoms with E-state index in [4.69, 9.17) is 27.9 Å². The van der Waals surface area contributed by atoms with E-state index in [-0.39, 0.29) is 6.10 Å². The fourth-order valence-corrected chi connectivity index (χ4v) is 1.28. The fourth-order valence-electron chi connectivity index (χ4n) is 0.993. The van der Waals surface area contributed by atoms with Gasteiger partial charge in [0, 0.05) is 5.02 Å². The first-order chi connectivity index (χ1) is 6.13. The molecule has 3 heteroatoms. The van der Waals surface area contributed by atoms with E-state index in [1.54, 1.807) is 0 Å². The van der Waals surface area contributed by atoms with Gasteiger partial charge in [0.1, 0.15) is 11.9 Å². The van der Waals surface area contributed by atoms with Gasteiger partial charge in [-0.3, -0.25) is 0 Å². The third-order valence-electron chi connectivity index (χ3n) is 1.68. The minimum absolute atomic E-state index is 0.0292. The molecule has 1 nitrogen and oxygen atoms in total. The van der Waals surface area contributed by atoms with Crippen molar-refractivity contribution in [2.45, 2.75) is 20.0 Å². The molecule has 0 N–H and O–H groups in total. The molecule has 0 aromatic heterocycles. The van der Waals surface area contributed by atoms with Crippen LogP contribution in [0.5, 0.6) is 5.75 Å². The van der Waals surface area contributed by atoms with Gasteiger partial charge in [-0.2, -0.15) is 0 Å². The van der Waals surface area contributed by atoms with Crippen LogP contribution in [0.1, 0.15) is 12.5 Å². The van der Waals surface area contributed by atoms with Crippen molar-refractivity contribution in [3.63, 3.8) is 0 Å². The summed E-state index contributed by atoms with van der Waals surface area (Å²) in [4.78, 5) is 0. The van der Waals surface area contributed by atoms with Crippen molar-refractivity contribution in [2.24, 2.45) is 0 Å². The van der Waals surface area contributed by atoms with Gasteiger partial charge in [-0.1, -0.05) is 11.6 Å². The molecule has 0 saturated carbocycles. The highest BCUT2D eigenvalue weighted by Gasteiger charge is 2.04. The zero-order valence-electron chi connectivity index (χ0n) is 7.68. The second kappa shape index (κ2) is 4.73. The number of hydrogen-bond acceptors (Lipinski definition) is 1. The maximum absolute atomic E-state index is 5.81. The predicted octanol–water partition coefficient (Wildman–Crippen LogP) is 3.65. The van der Waals surface area contributed by atoms with Crippen LogP contribution in [0.25, 0.3) is 0 Å². The van der Waals surface area contributed by atoms with Gasteiger partial charge in [-0.05, 0) is 37.6 Å². The van der Waals surface area contributed by atoms with E-state index >= 15 is 0 Å². The van der Waals surface area contributed by atoms with Gasteiger partial charge in [0.2, 0.25) is 0 Å². The van der Waals surface area contributed by atoms with Crippen LogP contribution in [-0.4, -0.2) is 12.0 Å². The van der Waals surface area contributed by atoms with Crippen LogP contribution in [0.2, 0.25) is 5.02 Å². The second-order valence-electron chi connectivity index (χ2n) is 2.99. The SMILES string of the molecule is Cc1cc(Cl)ccc1OC(C)CCl. The van der Waals surface area contributed by atoms with Crippen molar-refractivity contribution in [1.29, 1.82) is 0 Å². The molecule has 0 amide bonds. The molecule has 72 valence electrons. The standard InChI is InChI=1S/C10H12Cl2O/c1-7-5-9(12)3-4-10(7)13-8(2)6-11/h3-5,8H,6H2,1-2H3. The number of aryl methyl sites for hydroxylation is 1. The smallest absolute Gasteiger partial charge is 0.122 e. The number of benzene rings is 1. The second-order valence-corrected chi connectivity index (χ2v) is 3.74. The normalized spacial score (nSPS) is 12.6. The zero-order valence-corrected chi connectivity index (χ0v) is 9.19. The van der Waals surface area contributed by atoms with Crippen molar-refractivity contribution in [3.05, 3.63) is 28.8 Å². The molecule has 1 aromatic rings. The third-order valence-corrected chi connectivity index (χ3v) is 2.35. The van der Waals surface area contributed by atoms with Crippen molar-refractivity contribution >= 4 is 23.2 Å². The van der Waals surface area contributed by atoms with E-state index < -0.39 is 0 Å². The molecule has 13 heavy (non-hydrogen) atoms.